The molecule has 24 heavy (non-hydrogen) atoms. The van der Waals surface area contributed by atoms with E-state index in [0.29, 0.717) is 0 Å². The van der Waals surface area contributed by atoms with Gasteiger partial charge in [0.2, 0.25) is 0 Å². The second kappa shape index (κ2) is 6.78. The monoisotopic (exact) mass is 441 g/mol. The van der Waals surface area contributed by atoms with Crippen LogP contribution >= 0.6 is 33.9 Å². The Morgan fingerprint density at radius 1 is 0.792 bits per heavy atom. The van der Waals surface area contributed by atoms with E-state index >= 15 is 0 Å². The number of fused-ring (bicyclic) bond motifs is 1. The van der Waals surface area contributed by atoms with E-state index in [1.807, 2.05) is 66.7 Å². The topological polar surface area (TPSA) is 37.6 Å². The Morgan fingerprint density at radius 2 is 1.54 bits per heavy atom. The molecular formula is C19H12IN3S. The van der Waals surface area contributed by atoms with Gasteiger partial charge < -0.3 is 0 Å². The molecule has 0 N–H and O–H groups in total. The zero-order valence-electron chi connectivity index (χ0n) is 12.6. The summed E-state index contributed by atoms with van der Waals surface area (Å²) in [6.45, 7) is 0. The molecule has 0 aliphatic heterocycles. The maximum absolute atomic E-state index is 4.68. The molecule has 0 radical (unpaired) electrons. The molecule has 0 amide bonds. The third kappa shape index (κ3) is 3.22. The third-order valence-electron chi connectivity index (χ3n) is 3.53. The molecule has 0 fully saturated rings. The molecule has 0 bridgehead atoms. The summed E-state index contributed by atoms with van der Waals surface area (Å²) in [5.41, 5.74) is 3.86. The second-order valence-electron chi connectivity index (χ2n) is 5.19. The summed E-state index contributed by atoms with van der Waals surface area (Å²) >= 11 is 3.96. The van der Waals surface area contributed by atoms with E-state index in [4.69, 9.17) is 0 Å². The molecule has 0 saturated heterocycles. The van der Waals surface area contributed by atoms with Gasteiger partial charge in [0.25, 0.3) is 0 Å². The molecular weight excluding hydrogens is 429 g/mol. The molecule has 3 nitrogen and oxygen atoms in total. The van der Waals surface area contributed by atoms with Crippen LogP contribution in [0.5, 0.6) is 0 Å². The first-order valence-electron chi connectivity index (χ1n) is 7.42. The average Bonchev–Trinajstić information content (AvgIpc) is 3.06. The number of benzene rings is 3. The first-order chi connectivity index (χ1) is 11.8. The van der Waals surface area contributed by atoms with E-state index in [2.05, 4.69) is 43.9 Å². The van der Waals surface area contributed by atoms with Gasteiger partial charge in [-0.1, -0.05) is 24.3 Å². The zero-order valence-corrected chi connectivity index (χ0v) is 15.5. The summed E-state index contributed by atoms with van der Waals surface area (Å²) < 4.78 is 2.29. The van der Waals surface area contributed by atoms with Crippen LogP contribution in [0.3, 0.4) is 0 Å². The highest BCUT2D eigenvalue weighted by atomic mass is 127. The molecule has 4 rings (SSSR count). The lowest BCUT2D eigenvalue weighted by Gasteiger charge is -1.98. The number of nitrogens with zero attached hydrogens (tertiary/aromatic N) is 3. The number of rotatable bonds is 3. The predicted octanol–water partition coefficient (Wildman–Crippen LogP) is 6.98. The van der Waals surface area contributed by atoms with Gasteiger partial charge in [-0.15, -0.1) is 16.5 Å². The van der Waals surface area contributed by atoms with Crippen molar-refractivity contribution in [2.75, 3.05) is 0 Å². The van der Waals surface area contributed by atoms with Crippen LogP contribution in [0.2, 0.25) is 0 Å². The highest BCUT2D eigenvalue weighted by Gasteiger charge is 2.05. The summed E-state index contributed by atoms with van der Waals surface area (Å²) in [5.74, 6) is 0. The molecule has 0 spiro atoms. The van der Waals surface area contributed by atoms with Crippen molar-refractivity contribution in [2.24, 2.45) is 10.2 Å². The van der Waals surface area contributed by atoms with Gasteiger partial charge in [-0.3, -0.25) is 0 Å². The minimum atomic E-state index is 0.833. The van der Waals surface area contributed by atoms with Crippen molar-refractivity contribution in [1.82, 2.24) is 4.98 Å². The number of hydrogen-bond acceptors (Lipinski definition) is 4. The predicted molar refractivity (Wildman–Crippen MR) is 108 cm³/mol. The van der Waals surface area contributed by atoms with Crippen LogP contribution < -0.4 is 0 Å². The van der Waals surface area contributed by atoms with E-state index < -0.39 is 0 Å². The minimum Gasteiger partial charge on any atom is -0.236 e. The van der Waals surface area contributed by atoms with Gasteiger partial charge in [-0.2, -0.15) is 5.11 Å². The molecule has 0 atom stereocenters. The Morgan fingerprint density at radius 3 is 2.33 bits per heavy atom. The van der Waals surface area contributed by atoms with E-state index in [1.54, 1.807) is 11.3 Å². The Hall–Kier alpha value is -2.12. The smallest absolute Gasteiger partial charge is 0.124 e. The van der Waals surface area contributed by atoms with Gasteiger partial charge >= 0.3 is 0 Å². The van der Waals surface area contributed by atoms with Gasteiger partial charge in [-0.05, 0) is 71.1 Å². The molecule has 4 aromatic rings. The fourth-order valence-electron chi connectivity index (χ4n) is 2.31. The lowest BCUT2D eigenvalue weighted by atomic mass is 10.2. The number of para-hydroxylation sites is 1. The fourth-order valence-corrected chi connectivity index (χ4v) is 3.78. The Kier molecular flexibility index (Phi) is 4.36. The maximum atomic E-state index is 4.68. The molecule has 1 aromatic heterocycles. The summed E-state index contributed by atoms with van der Waals surface area (Å²) in [6, 6.07) is 24.2. The summed E-state index contributed by atoms with van der Waals surface area (Å²) in [6.07, 6.45) is 0. The molecule has 0 unspecified atom stereocenters. The van der Waals surface area contributed by atoms with Crippen molar-refractivity contribution >= 4 is 55.5 Å². The molecule has 116 valence electrons. The number of aromatic nitrogens is 1. The van der Waals surface area contributed by atoms with Gasteiger partial charge in [0.15, 0.2) is 0 Å². The SMILES string of the molecule is Ic1ccccc1/N=N/c1ccc(-c2nc3ccccc3s2)cc1. The van der Waals surface area contributed by atoms with Crippen LogP contribution in [0.4, 0.5) is 11.4 Å². The van der Waals surface area contributed by atoms with Crippen LogP contribution in [0.25, 0.3) is 20.8 Å². The number of halogens is 1. The van der Waals surface area contributed by atoms with E-state index in [-0.39, 0.29) is 0 Å². The average molecular weight is 441 g/mol. The number of hydrogen-bond donors (Lipinski definition) is 0. The Balaban J connectivity index is 1.59. The van der Waals surface area contributed by atoms with Crippen LogP contribution in [0.15, 0.2) is 83.0 Å². The van der Waals surface area contributed by atoms with E-state index in [9.17, 15) is 0 Å². The van der Waals surface area contributed by atoms with E-state index in [1.165, 1.54) is 4.70 Å². The highest BCUT2D eigenvalue weighted by molar-refractivity contribution is 14.1. The van der Waals surface area contributed by atoms with Crippen molar-refractivity contribution in [3.05, 3.63) is 76.4 Å². The second-order valence-corrected chi connectivity index (χ2v) is 7.38. The largest absolute Gasteiger partial charge is 0.236 e. The first-order valence-corrected chi connectivity index (χ1v) is 9.31. The molecule has 5 heteroatoms. The van der Waals surface area contributed by atoms with Crippen LogP contribution in [0.1, 0.15) is 0 Å². The Bertz CT molecular complexity index is 989. The van der Waals surface area contributed by atoms with Crippen molar-refractivity contribution in [3.8, 4) is 10.6 Å². The normalized spacial score (nSPS) is 11.4. The molecule has 0 aliphatic rings. The lowest BCUT2D eigenvalue weighted by molar-refractivity contribution is 1.22. The molecule has 0 aliphatic carbocycles. The third-order valence-corrected chi connectivity index (χ3v) is 5.53. The highest BCUT2D eigenvalue weighted by Crippen LogP contribution is 2.31. The van der Waals surface area contributed by atoms with Crippen molar-refractivity contribution in [2.45, 2.75) is 0 Å². The van der Waals surface area contributed by atoms with Gasteiger partial charge in [0.05, 0.1) is 21.6 Å². The van der Waals surface area contributed by atoms with Crippen LogP contribution in [0, 0.1) is 3.57 Å². The van der Waals surface area contributed by atoms with Crippen molar-refractivity contribution in [3.63, 3.8) is 0 Å². The van der Waals surface area contributed by atoms with Gasteiger partial charge in [0.1, 0.15) is 5.01 Å². The zero-order chi connectivity index (χ0) is 16.4. The summed E-state index contributed by atoms with van der Waals surface area (Å²) in [5, 5.41) is 9.66. The lowest BCUT2D eigenvalue weighted by Crippen LogP contribution is -1.75. The number of azo groups is 1. The van der Waals surface area contributed by atoms with Crippen LogP contribution in [-0.4, -0.2) is 4.98 Å². The maximum Gasteiger partial charge on any atom is 0.124 e. The van der Waals surface area contributed by atoms with Gasteiger partial charge in [-0.25, -0.2) is 4.98 Å². The van der Waals surface area contributed by atoms with Crippen molar-refractivity contribution in [1.29, 1.82) is 0 Å². The fraction of sp³-hybridized carbons (Fsp3) is 0. The number of thiazole rings is 1. The van der Waals surface area contributed by atoms with Crippen molar-refractivity contribution < 1.29 is 0 Å². The standard InChI is InChI=1S/C19H12IN3S/c20-15-5-1-2-6-16(15)23-22-14-11-9-13(10-12-14)19-21-17-7-3-4-8-18(17)24-19/h1-12H/b23-22+. The first kappa shape index (κ1) is 15.4. The summed E-state index contributed by atoms with van der Waals surface area (Å²) in [4.78, 5) is 4.68. The van der Waals surface area contributed by atoms with Crippen LogP contribution in [-0.2, 0) is 0 Å². The minimum absolute atomic E-state index is 0.833. The molecule has 1 heterocycles. The van der Waals surface area contributed by atoms with Gasteiger partial charge in [0, 0.05) is 9.13 Å². The molecule has 3 aromatic carbocycles. The van der Waals surface area contributed by atoms with E-state index in [0.717, 1.165) is 31.0 Å². The molecule has 0 saturated carbocycles. The quantitative estimate of drug-likeness (QED) is 0.250. The summed E-state index contributed by atoms with van der Waals surface area (Å²) in [7, 11) is 0. The Labute approximate surface area is 157 Å².